The average Bonchev–Trinajstić information content (AvgIpc) is 2.63. The Bertz CT molecular complexity index is 725. The number of nitrogens with zero attached hydrogens (tertiary/aromatic N) is 2. The number of amides is 1. The molecule has 7 heteroatoms. The topological polar surface area (TPSA) is 66.9 Å². The van der Waals surface area contributed by atoms with E-state index in [2.05, 4.69) is 0 Å². The molecule has 1 spiro atoms. The standard InChI is InChI=1S/C19H28N2O4S/c1-20(2)18(22)14-16-8-13-25-19(15-16)9-11-21(12-10-19)26(23,24)17-6-4-3-5-7-17/h3-7,16H,8-15H2,1-2H3. The first-order valence-corrected chi connectivity index (χ1v) is 10.7. The van der Waals surface area contributed by atoms with Crippen molar-refractivity contribution in [3.63, 3.8) is 0 Å². The van der Waals surface area contributed by atoms with Crippen LogP contribution in [0.3, 0.4) is 0 Å². The van der Waals surface area contributed by atoms with E-state index in [4.69, 9.17) is 4.74 Å². The van der Waals surface area contributed by atoms with Crippen molar-refractivity contribution in [2.75, 3.05) is 33.8 Å². The fourth-order valence-corrected chi connectivity index (χ4v) is 5.42. The largest absolute Gasteiger partial charge is 0.375 e. The molecule has 2 aliphatic heterocycles. The average molecular weight is 381 g/mol. The van der Waals surface area contributed by atoms with Crippen molar-refractivity contribution in [3.8, 4) is 0 Å². The molecule has 6 nitrogen and oxygen atoms in total. The summed E-state index contributed by atoms with van der Waals surface area (Å²) < 4.78 is 33.2. The predicted octanol–water partition coefficient (Wildman–Crippen LogP) is 2.11. The molecule has 144 valence electrons. The third-order valence-corrected chi connectivity index (χ3v) is 7.48. The highest BCUT2D eigenvalue weighted by molar-refractivity contribution is 7.89. The smallest absolute Gasteiger partial charge is 0.243 e. The highest BCUT2D eigenvalue weighted by atomic mass is 32.2. The van der Waals surface area contributed by atoms with Crippen LogP contribution in [-0.2, 0) is 19.6 Å². The highest BCUT2D eigenvalue weighted by Crippen LogP contribution is 2.39. The molecule has 2 heterocycles. The summed E-state index contributed by atoms with van der Waals surface area (Å²) in [5.41, 5.74) is -0.280. The van der Waals surface area contributed by atoms with Gasteiger partial charge in [0.15, 0.2) is 0 Å². The lowest BCUT2D eigenvalue weighted by Crippen LogP contribution is -2.51. The van der Waals surface area contributed by atoms with Gasteiger partial charge in [-0.2, -0.15) is 4.31 Å². The molecule has 2 saturated heterocycles. The Morgan fingerprint density at radius 2 is 1.88 bits per heavy atom. The summed E-state index contributed by atoms with van der Waals surface area (Å²) in [5, 5.41) is 0. The van der Waals surface area contributed by atoms with Gasteiger partial charge in [-0.3, -0.25) is 4.79 Å². The van der Waals surface area contributed by atoms with Gasteiger partial charge in [0.25, 0.3) is 0 Å². The minimum Gasteiger partial charge on any atom is -0.375 e. The van der Waals surface area contributed by atoms with E-state index in [1.54, 1.807) is 47.6 Å². The fourth-order valence-electron chi connectivity index (χ4n) is 3.96. The molecule has 0 N–H and O–H groups in total. The summed E-state index contributed by atoms with van der Waals surface area (Å²) in [6, 6.07) is 8.58. The van der Waals surface area contributed by atoms with Crippen molar-refractivity contribution < 1.29 is 17.9 Å². The number of benzene rings is 1. The first kappa shape index (κ1) is 19.3. The third-order valence-electron chi connectivity index (χ3n) is 5.57. The lowest BCUT2D eigenvalue weighted by atomic mass is 9.78. The number of sulfonamides is 1. The van der Waals surface area contributed by atoms with E-state index >= 15 is 0 Å². The van der Waals surface area contributed by atoms with Gasteiger partial charge in [-0.05, 0) is 43.7 Å². The lowest BCUT2D eigenvalue weighted by molar-refractivity contribution is -0.138. The van der Waals surface area contributed by atoms with Gasteiger partial charge in [-0.25, -0.2) is 8.42 Å². The van der Waals surface area contributed by atoms with Gasteiger partial charge in [0, 0.05) is 40.2 Å². The van der Waals surface area contributed by atoms with Crippen molar-refractivity contribution in [1.82, 2.24) is 9.21 Å². The molecule has 0 aliphatic carbocycles. The number of piperidine rings is 1. The second-order valence-electron chi connectivity index (χ2n) is 7.60. The number of hydrogen-bond acceptors (Lipinski definition) is 4. The van der Waals surface area contributed by atoms with Crippen molar-refractivity contribution in [3.05, 3.63) is 30.3 Å². The van der Waals surface area contributed by atoms with E-state index in [1.807, 2.05) is 6.07 Å². The van der Waals surface area contributed by atoms with Gasteiger partial charge in [-0.1, -0.05) is 18.2 Å². The zero-order chi connectivity index (χ0) is 18.8. The third kappa shape index (κ3) is 4.10. The molecule has 3 rings (SSSR count). The van der Waals surface area contributed by atoms with Crippen LogP contribution < -0.4 is 0 Å². The number of carbonyl (C=O) groups is 1. The van der Waals surface area contributed by atoms with Crippen LogP contribution in [-0.4, -0.2) is 62.9 Å². The lowest BCUT2D eigenvalue weighted by Gasteiger charge is -2.45. The van der Waals surface area contributed by atoms with Crippen LogP contribution in [0.2, 0.25) is 0 Å². The van der Waals surface area contributed by atoms with Crippen LogP contribution in [0, 0.1) is 5.92 Å². The zero-order valence-corrected chi connectivity index (χ0v) is 16.4. The van der Waals surface area contributed by atoms with Crippen LogP contribution >= 0.6 is 0 Å². The van der Waals surface area contributed by atoms with Gasteiger partial charge in [0.1, 0.15) is 0 Å². The Balaban J connectivity index is 1.63. The van der Waals surface area contributed by atoms with E-state index in [0.717, 1.165) is 12.8 Å². The normalized spacial score (nSPS) is 23.7. The Hall–Kier alpha value is -1.44. The molecular weight excluding hydrogens is 352 g/mol. The Kier molecular flexibility index (Phi) is 5.69. The van der Waals surface area contributed by atoms with E-state index < -0.39 is 10.0 Å². The summed E-state index contributed by atoms with van der Waals surface area (Å²) in [6.45, 7) is 1.58. The maximum Gasteiger partial charge on any atom is 0.243 e. The predicted molar refractivity (Wildman–Crippen MR) is 99.2 cm³/mol. The van der Waals surface area contributed by atoms with Gasteiger partial charge in [0.2, 0.25) is 15.9 Å². The molecular formula is C19H28N2O4S. The van der Waals surface area contributed by atoms with Crippen LogP contribution in [0.4, 0.5) is 0 Å². The fraction of sp³-hybridized carbons (Fsp3) is 0.632. The summed E-state index contributed by atoms with van der Waals surface area (Å²) in [6.07, 6.45) is 3.65. The molecule has 1 aromatic carbocycles. The number of rotatable bonds is 4. The molecule has 0 saturated carbocycles. The van der Waals surface area contributed by atoms with Crippen molar-refractivity contribution in [2.45, 2.75) is 42.6 Å². The molecule has 1 atom stereocenters. The molecule has 1 aromatic rings. The SMILES string of the molecule is CN(C)C(=O)CC1CCOC2(CCN(S(=O)(=O)c3ccccc3)CC2)C1. The van der Waals surface area contributed by atoms with Gasteiger partial charge < -0.3 is 9.64 Å². The van der Waals surface area contributed by atoms with Crippen molar-refractivity contribution >= 4 is 15.9 Å². The number of carbonyl (C=O) groups excluding carboxylic acids is 1. The van der Waals surface area contributed by atoms with Crippen LogP contribution in [0.15, 0.2) is 35.2 Å². The van der Waals surface area contributed by atoms with E-state index in [0.29, 0.717) is 49.8 Å². The summed E-state index contributed by atoms with van der Waals surface area (Å²) in [7, 11) is 0.120. The Morgan fingerprint density at radius 3 is 2.50 bits per heavy atom. The minimum atomic E-state index is -3.44. The highest BCUT2D eigenvalue weighted by Gasteiger charge is 2.43. The number of hydrogen-bond donors (Lipinski definition) is 0. The van der Waals surface area contributed by atoms with E-state index in [9.17, 15) is 13.2 Å². The van der Waals surface area contributed by atoms with E-state index in [1.165, 1.54) is 0 Å². The van der Waals surface area contributed by atoms with Crippen LogP contribution in [0.1, 0.15) is 32.1 Å². The minimum absolute atomic E-state index is 0.149. The van der Waals surface area contributed by atoms with Gasteiger partial charge >= 0.3 is 0 Å². The van der Waals surface area contributed by atoms with Gasteiger partial charge in [-0.15, -0.1) is 0 Å². The van der Waals surface area contributed by atoms with Crippen molar-refractivity contribution in [1.29, 1.82) is 0 Å². The summed E-state index contributed by atoms with van der Waals surface area (Å²) in [5.74, 6) is 0.465. The monoisotopic (exact) mass is 380 g/mol. The molecule has 0 bridgehead atoms. The second kappa shape index (κ2) is 7.66. The molecule has 26 heavy (non-hydrogen) atoms. The van der Waals surface area contributed by atoms with E-state index in [-0.39, 0.29) is 11.5 Å². The molecule has 2 fully saturated rings. The van der Waals surface area contributed by atoms with Gasteiger partial charge in [0.05, 0.1) is 10.5 Å². The molecule has 1 unspecified atom stereocenters. The van der Waals surface area contributed by atoms with Crippen LogP contribution in [0.5, 0.6) is 0 Å². The maximum absolute atomic E-state index is 12.8. The molecule has 1 amide bonds. The first-order chi connectivity index (χ1) is 12.3. The Morgan fingerprint density at radius 1 is 1.23 bits per heavy atom. The first-order valence-electron chi connectivity index (χ1n) is 9.22. The van der Waals surface area contributed by atoms with Crippen molar-refractivity contribution in [2.24, 2.45) is 5.92 Å². The van der Waals surface area contributed by atoms with Crippen LogP contribution in [0.25, 0.3) is 0 Å². The molecule has 0 radical (unpaired) electrons. The zero-order valence-electron chi connectivity index (χ0n) is 15.6. The molecule has 0 aromatic heterocycles. The maximum atomic E-state index is 12.8. The molecule has 2 aliphatic rings. The summed E-state index contributed by atoms with van der Waals surface area (Å²) in [4.78, 5) is 14.0. The quantitative estimate of drug-likeness (QED) is 0.802. The number of ether oxygens (including phenoxy) is 1. The summed E-state index contributed by atoms with van der Waals surface area (Å²) >= 11 is 0. The Labute approximate surface area is 156 Å². The second-order valence-corrected chi connectivity index (χ2v) is 9.54.